The number of ether oxygens (including phenoxy) is 1. The standard InChI is InChI=1S/C15H21NO5/c1-3-4-5-6-7-11(2)21-12-8-9-13(15(17)18)14(10-12)16(19)20/h8-11H,3-7H2,1-2H3,(H,17,18). The van der Waals surface area contributed by atoms with Gasteiger partial charge in [0.25, 0.3) is 5.69 Å². The number of nitro benzene ring substituents is 1. The highest BCUT2D eigenvalue weighted by Gasteiger charge is 2.21. The van der Waals surface area contributed by atoms with E-state index in [0.29, 0.717) is 5.75 Å². The highest BCUT2D eigenvalue weighted by molar-refractivity contribution is 5.92. The third-order valence-electron chi connectivity index (χ3n) is 3.20. The van der Waals surface area contributed by atoms with E-state index in [4.69, 9.17) is 9.84 Å². The molecule has 0 saturated carbocycles. The molecule has 0 aromatic heterocycles. The number of hydrogen-bond donors (Lipinski definition) is 1. The summed E-state index contributed by atoms with van der Waals surface area (Å²) < 4.78 is 5.62. The average Bonchev–Trinajstić information content (AvgIpc) is 2.43. The summed E-state index contributed by atoms with van der Waals surface area (Å²) in [6.45, 7) is 4.05. The van der Waals surface area contributed by atoms with E-state index >= 15 is 0 Å². The lowest BCUT2D eigenvalue weighted by Gasteiger charge is -2.14. The van der Waals surface area contributed by atoms with E-state index in [9.17, 15) is 14.9 Å². The minimum absolute atomic E-state index is 0.0582. The Morgan fingerprint density at radius 3 is 2.67 bits per heavy atom. The molecule has 0 amide bonds. The van der Waals surface area contributed by atoms with Gasteiger partial charge in [-0.25, -0.2) is 4.79 Å². The fraction of sp³-hybridized carbons (Fsp3) is 0.533. The molecule has 1 atom stereocenters. The molecule has 116 valence electrons. The quantitative estimate of drug-likeness (QED) is 0.422. The molecule has 0 aliphatic heterocycles. The predicted molar refractivity (Wildman–Crippen MR) is 78.9 cm³/mol. The van der Waals surface area contributed by atoms with Crippen LogP contribution < -0.4 is 4.74 Å². The summed E-state index contributed by atoms with van der Waals surface area (Å²) in [5.74, 6) is -0.990. The molecule has 6 heteroatoms. The molecule has 0 heterocycles. The number of nitro groups is 1. The van der Waals surface area contributed by atoms with Crippen LogP contribution >= 0.6 is 0 Å². The van der Waals surface area contributed by atoms with Crippen molar-refractivity contribution in [1.29, 1.82) is 0 Å². The van der Waals surface area contributed by atoms with E-state index in [-0.39, 0.29) is 11.7 Å². The molecular formula is C15H21NO5. The van der Waals surface area contributed by atoms with Gasteiger partial charge in [-0.1, -0.05) is 26.2 Å². The molecule has 0 aliphatic rings. The molecular weight excluding hydrogens is 274 g/mol. The third kappa shape index (κ3) is 5.41. The Kier molecular flexibility index (Phi) is 6.65. The second-order valence-corrected chi connectivity index (χ2v) is 5.02. The van der Waals surface area contributed by atoms with E-state index in [1.807, 2.05) is 6.92 Å². The number of benzene rings is 1. The number of hydrogen-bond acceptors (Lipinski definition) is 4. The molecule has 21 heavy (non-hydrogen) atoms. The summed E-state index contributed by atoms with van der Waals surface area (Å²) in [6.07, 6.45) is 5.35. The van der Waals surface area contributed by atoms with Crippen LogP contribution in [0.3, 0.4) is 0 Å². The number of carboxylic acid groups (broad SMARTS) is 1. The number of carboxylic acids is 1. The largest absolute Gasteiger partial charge is 0.490 e. The summed E-state index contributed by atoms with van der Waals surface area (Å²) in [4.78, 5) is 21.1. The first-order chi connectivity index (χ1) is 9.95. The molecule has 0 aliphatic carbocycles. The minimum atomic E-state index is -1.32. The number of rotatable bonds is 9. The summed E-state index contributed by atoms with van der Waals surface area (Å²) >= 11 is 0. The monoisotopic (exact) mass is 295 g/mol. The van der Waals surface area contributed by atoms with Crippen molar-refractivity contribution < 1.29 is 19.6 Å². The van der Waals surface area contributed by atoms with Crippen LogP contribution in [0.1, 0.15) is 56.3 Å². The van der Waals surface area contributed by atoms with Crippen molar-refractivity contribution in [2.45, 2.75) is 52.1 Å². The topological polar surface area (TPSA) is 89.7 Å². The molecule has 0 radical (unpaired) electrons. The smallest absolute Gasteiger partial charge is 0.342 e. The molecule has 1 aromatic carbocycles. The normalized spacial score (nSPS) is 11.9. The zero-order valence-corrected chi connectivity index (χ0v) is 12.4. The van der Waals surface area contributed by atoms with Crippen LogP contribution in [0.5, 0.6) is 5.75 Å². The van der Waals surface area contributed by atoms with Crippen molar-refractivity contribution in [2.24, 2.45) is 0 Å². The van der Waals surface area contributed by atoms with Crippen molar-refractivity contribution >= 4 is 11.7 Å². The van der Waals surface area contributed by atoms with Gasteiger partial charge in [-0.05, 0) is 31.9 Å². The van der Waals surface area contributed by atoms with Gasteiger partial charge in [0.15, 0.2) is 0 Å². The van der Waals surface area contributed by atoms with Crippen molar-refractivity contribution in [3.05, 3.63) is 33.9 Å². The van der Waals surface area contributed by atoms with E-state index < -0.39 is 16.6 Å². The van der Waals surface area contributed by atoms with Crippen molar-refractivity contribution in [3.63, 3.8) is 0 Å². The summed E-state index contributed by atoms with van der Waals surface area (Å²) in [7, 11) is 0. The van der Waals surface area contributed by atoms with E-state index in [1.165, 1.54) is 24.6 Å². The van der Waals surface area contributed by atoms with Gasteiger partial charge in [0.2, 0.25) is 0 Å². The van der Waals surface area contributed by atoms with E-state index in [1.54, 1.807) is 0 Å². The van der Waals surface area contributed by atoms with E-state index in [2.05, 4.69) is 6.92 Å². The maximum atomic E-state index is 10.9. The molecule has 1 aromatic rings. The lowest BCUT2D eigenvalue weighted by Crippen LogP contribution is -2.12. The minimum Gasteiger partial charge on any atom is -0.490 e. The maximum Gasteiger partial charge on any atom is 0.342 e. The fourth-order valence-electron chi connectivity index (χ4n) is 2.07. The summed E-state index contributed by atoms with van der Waals surface area (Å²) in [5, 5.41) is 19.8. The number of carbonyl (C=O) groups is 1. The maximum absolute atomic E-state index is 10.9. The summed E-state index contributed by atoms with van der Waals surface area (Å²) in [6, 6.07) is 3.84. The first-order valence-corrected chi connectivity index (χ1v) is 7.14. The van der Waals surface area contributed by atoms with Crippen LogP contribution in [-0.2, 0) is 0 Å². The van der Waals surface area contributed by atoms with Crippen LogP contribution in [0, 0.1) is 10.1 Å². The van der Waals surface area contributed by atoms with Gasteiger partial charge in [-0.3, -0.25) is 10.1 Å². The molecule has 0 fully saturated rings. The Labute approximate surface area is 123 Å². The lowest BCUT2D eigenvalue weighted by atomic mass is 10.1. The van der Waals surface area contributed by atoms with Gasteiger partial charge in [0, 0.05) is 0 Å². The first kappa shape index (κ1) is 16.9. The van der Waals surface area contributed by atoms with Gasteiger partial charge in [-0.2, -0.15) is 0 Å². The van der Waals surface area contributed by atoms with Gasteiger partial charge < -0.3 is 9.84 Å². The van der Waals surface area contributed by atoms with Gasteiger partial charge in [-0.15, -0.1) is 0 Å². The lowest BCUT2D eigenvalue weighted by molar-refractivity contribution is -0.385. The van der Waals surface area contributed by atoms with Crippen molar-refractivity contribution in [1.82, 2.24) is 0 Å². The Balaban J connectivity index is 2.69. The van der Waals surface area contributed by atoms with Gasteiger partial charge >= 0.3 is 5.97 Å². The zero-order valence-electron chi connectivity index (χ0n) is 12.4. The third-order valence-corrected chi connectivity index (χ3v) is 3.20. The van der Waals surface area contributed by atoms with Crippen LogP contribution in [0.25, 0.3) is 0 Å². The van der Waals surface area contributed by atoms with Crippen molar-refractivity contribution in [2.75, 3.05) is 0 Å². The first-order valence-electron chi connectivity index (χ1n) is 7.14. The van der Waals surface area contributed by atoms with Crippen LogP contribution in [0.2, 0.25) is 0 Å². The Morgan fingerprint density at radius 1 is 1.38 bits per heavy atom. The Bertz CT molecular complexity index is 501. The van der Waals surface area contributed by atoms with Crippen LogP contribution in [0.15, 0.2) is 18.2 Å². The molecule has 0 saturated heterocycles. The summed E-state index contributed by atoms with van der Waals surface area (Å²) in [5.41, 5.74) is -0.777. The van der Waals surface area contributed by atoms with Gasteiger partial charge in [0.05, 0.1) is 17.1 Å². The highest BCUT2D eigenvalue weighted by atomic mass is 16.6. The molecule has 1 N–H and O–H groups in total. The molecule has 1 unspecified atom stereocenters. The molecule has 1 rings (SSSR count). The second-order valence-electron chi connectivity index (χ2n) is 5.02. The number of aromatic carboxylic acids is 1. The average molecular weight is 295 g/mol. The van der Waals surface area contributed by atoms with Crippen molar-refractivity contribution in [3.8, 4) is 5.75 Å². The Morgan fingerprint density at radius 2 is 2.10 bits per heavy atom. The highest BCUT2D eigenvalue weighted by Crippen LogP contribution is 2.26. The van der Waals surface area contributed by atoms with Gasteiger partial charge in [0.1, 0.15) is 11.3 Å². The molecule has 6 nitrogen and oxygen atoms in total. The molecule has 0 spiro atoms. The Hall–Kier alpha value is -2.11. The van der Waals surface area contributed by atoms with Crippen LogP contribution in [-0.4, -0.2) is 22.1 Å². The second kappa shape index (κ2) is 8.24. The number of unbranched alkanes of at least 4 members (excludes halogenated alkanes) is 3. The zero-order chi connectivity index (χ0) is 15.8. The SMILES string of the molecule is CCCCCCC(C)Oc1ccc(C(=O)O)c([N+](=O)[O-])c1. The molecule has 0 bridgehead atoms. The number of nitrogens with zero attached hydrogens (tertiary/aromatic N) is 1. The van der Waals surface area contributed by atoms with Crippen LogP contribution in [0.4, 0.5) is 5.69 Å². The van der Waals surface area contributed by atoms with E-state index in [0.717, 1.165) is 25.7 Å². The predicted octanol–water partition coefficient (Wildman–Crippen LogP) is 4.03. The fourth-order valence-corrected chi connectivity index (χ4v) is 2.07.